The number of ether oxygens (including phenoxy) is 2. The fourth-order valence-electron chi connectivity index (χ4n) is 1.91. The SMILES string of the molecule is C/C(=C\COCOC(=O)CBr)CC/C=C(\C)CNc1ccccc1. The lowest BCUT2D eigenvalue weighted by Crippen LogP contribution is -2.09. The van der Waals surface area contributed by atoms with Gasteiger partial charge in [0.05, 0.1) is 6.61 Å². The van der Waals surface area contributed by atoms with Gasteiger partial charge in [-0.3, -0.25) is 4.79 Å². The topological polar surface area (TPSA) is 47.6 Å². The number of hydrogen-bond acceptors (Lipinski definition) is 4. The number of allylic oxidation sites excluding steroid dienone is 2. The van der Waals surface area contributed by atoms with E-state index in [9.17, 15) is 4.79 Å². The highest BCUT2D eigenvalue weighted by Crippen LogP contribution is 2.09. The van der Waals surface area contributed by atoms with Crippen LogP contribution in [0.1, 0.15) is 26.7 Å². The highest BCUT2D eigenvalue weighted by atomic mass is 79.9. The van der Waals surface area contributed by atoms with Gasteiger partial charge in [-0.2, -0.15) is 0 Å². The normalized spacial score (nSPS) is 12.1. The summed E-state index contributed by atoms with van der Waals surface area (Å²) < 4.78 is 10.0. The molecule has 0 spiro atoms. The minimum atomic E-state index is -0.319. The molecule has 0 aliphatic carbocycles. The Balaban J connectivity index is 2.15. The molecule has 0 saturated heterocycles. The first kappa shape index (κ1) is 20.5. The van der Waals surface area contributed by atoms with Gasteiger partial charge >= 0.3 is 5.97 Å². The van der Waals surface area contributed by atoms with Gasteiger partial charge < -0.3 is 14.8 Å². The maximum Gasteiger partial charge on any atom is 0.318 e. The van der Waals surface area contributed by atoms with Crippen molar-refractivity contribution in [1.29, 1.82) is 0 Å². The molecule has 0 aromatic heterocycles. The molecule has 24 heavy (non-hydrogen) atoms. The Morgan fingerprint density at radius 2 is 1.92 bits per heavy atom. The van der Waals surface area contributed by atoms with Crippen molar-refractivity contribution < 1.29 is 14.3 Å². The average molecular weight is 396 g/mol. The van der Waals surface area contributed by atoms with E-state index in [-0.39, 0.29) is 18.1 Å². The number of nitrogens with one attached hydrogen (secondary N) is 1. The summed E-state index contributed by atoms with van der Waals surface area (Å²) in [5.41, 5.74) is 3.73. The van der Waals surface area contributed by atoms with Crippen molar-refractivity contribution in [3.63, 3.8) is 0 Å². The highest BCUT2D eigenvalue weighted by Gasteiger charge is 1.97. The lowest BCUT2D eigenvalue weighted by Gasteiger charge is -2.07. The van der Waals surface area contributed by atoms with Gasteiger partial charge in [0.15, 0.2) is 6.79 Å². The largest absolute Gasteiger partial charge is 0.438 e. The van der Waals surface area contributed by atoms with Crippen molar-refractivity contribution in [3.05, 3.63) is 53.6 Å². The van der Waals surface area contributed by atoms with E-state index in [1.54, 1.807) is 0 Å². The number of carbonyl (C=O) groups is 1. The van der Waals surface area contributed by atoms with E-state index in [1.807, 2.05) is 24.3 Å². The lowest BCUT2D eigenvalue weighted by atomic mass is 10.1. The number of anilines is 1. The molecular weight excluding hydrogens is 370 g/mol. The summed E-state index contributed by atoms with van der Waals surface area (Å²) in [6.45, 7) is 5.53. The van der Waals surface area contributed by atoms with Crippen LogP contribution in [0.3, 0.4) is 0 Å². The van der Waals surface area contributed by atoms with Gasteiger partial charge in [0.2, 0.25) is 0 Å². The van der Waals surface area contributed by atoms with Crippen molar-refractivity contribution in [3.8, 4) is 0 Å². The molecular formula is C19H26BrNO3. The molecule has 1 N–H and O–H groups in total. The summed E-state index contributed by atoms with van der Waals surface area (Å²) in [5, 5.41) is 3.59. The first-order valence-electron chi connectivity index (χ1n) is 8.01. The number of para-hydroxylation sites is 1. The van der Waals surface area contributed by atoms with Gasteiger partial charge in [-0.1, -0.05) is 57.4 Å². The Morgan fingerprint density at radius 3 is 2.62 bits per heavy atom. The third-order valence-electron chi connectivity index (χ3n) is 3.34. The second-order valence-electron chi connectivity index (χ2n) is 5.50. The zero-order valence-electron chi connectivity index (χ0n) is 14.4. The molecule has 132 valence electrons. The van der Waals surface area contributed by atoms with Crippen LogP contribution in [0.4, 0.5) is 5.69 Å². The third-order valence-corrected chi connectivity index (χ3v) is 3.80. The average Bonchev–Trinajstić information content (AvgIpc) is 2.60. The van der Waals surface area contributed by atoms with Crippen LogP contribution in [0.15, 0.2) is 53.6 Å². The molecule has 5 heteroatoms. The summed E-state index contributed by atoms with van der Waals surface area (Å²) in [6.07, 6.45) is 6.27. The second kappa shape index (κ2) is 12.8. The lowest BCUT2D eigenvalue weighted by molar-refractivity contribution is -0.151. The molecule has 0 atom stereocenters. The molecule has 0 heterocycles. The zero-order chi connectivity index (χ0) is 17.6. The Morgan fingerprint density at radius 1 is 1.17 bits per heavy atom. The molecule has 0 bridgehead atoms. The Kier molecular flexibility index (Phi) is 10.9. The fourth-order valence-corrected chi connectivity index (χ4v) is 2.08. The van der Waals surface area contributed by atoms with E-state index in [1.165, 1.54) is 11.1 Å². The van der Waals surface area contributed by atoms with Crippen LogP contribution in [0, 0.1) is 0 Å². The third kappa shape index (κ3) is 10.2. The van der Waals surface area contributed by atoms with Crippen LogP contribution < -0.4 is 5.32 Å². The maximum absolute atomic E-state index is 10.9. The molecule has 0 unspecified atom stereocenters. The zero-order valence-corrected chi connectivity index (χ0v) is 16.0. The molecule has 4 nitrogen and oxygen atoms in total. The summed E-state index contributed by atoms with van der Waals surface area (Å²) >= 11 is 3.02. The van der Waals surface area contributed by atoms with Crippen LogP contribution in [-0.4, -0.2) is 31.2 Å². The summed E-state index contributed by atoms with van der Waals surface area (Å²) in [5.74, 6) is -0.319. The van der Waals surface area contributed by atoms with E-state index >= 15 is 0 Å². The molecule has 0 aliphatic heterocycles. The number of alkyl halides is 1. The van der Waals surface area contributed by atoms with Crippen LogP contribution >= 0.6 is 15.9 Å². The van der Waals surface area contributed by atoms with E-state index in [0.29, 0.717) is 6.61 Å². The molecule has 0 radical (unpaired) electrons. The number of rotatable bonds is 11. The quantitative estimate of drug-likeness (QED) is 0.194. The fraction of sp³-hybridized carbons (Fsp3) is 0.421. The highest BCUT2D eigenvalue weighted by molar-refractivity contribution is 9.09. The van der Waals surface area contributed by atoms with Crippen LogP contribution in [0.25, 0.3) is 0 Å². The van der Waals surface area contributed by atoms with Crippen LogP contribution in [0.2, 0.25) is 0 Å². The first-order valence-corrected chi connectivity index (χ1v) is 9.13. The van der Waals surface area contributed by atoms with E-state index in [2.05, 4.69) is 53.3 Å². The van der Waals surface area contributed by atoms with Crippen LogP contribution in [0.5, 0.6) is 0 Å². The first-order chi connectivity index (χ1) is 11.6. The van der Waals surface area contributed by atoms with Crippen molar-refractivity contribution in [2.45, 2.75) is 26.7 Å². The van der Waals surface area contributed by atoms with Gasteiger partial charge in [-0.15, -0.1) is 0 Å². The minimum absolute atomic E-state index is 0.00161. The minimum Gasteiger partial charge on any atom is -0.438 e. The Labute approximate surface area is 153 Å². The van der Waals surface area contributed by atoms with Gasteiger partial charge in [-0.25, -0.2) is 0 Å². The van der Waals surface area contributed by atoms with Gasteiger partial charge in [0.25, 0.3) is 0 Å². The molecule has 0 aliphatic rings. The molecule has 1 rings (SSSR count). The number of benzene rings is 1. The predicted octanol–water partition coefficient (Wildman–Crippen LogP) is 4.68. The van der Waals surface area contributed by atoms with Crippen molar-refractivity contribution in [2.75, 3.05) is 30.6 Å². The van der Waals surface area contributed by atoms with E-state index < -0.39 is 0 Å². The van der Waals surface area contributed by atoms with Crippen molar-refractivity contribution >= 4 is 27.6 Å². The summed E-state index contributed by atoms with van der Waals surface area (Å²) in [4.78, 5) is 10.9. The monoisotopic (exact) mass is 395 g/mol. The number of halogens is 1. The molecule has 0 saturated carbocycles. The van der Waals surface area contributed by atoms with Gasteiger partial charge in [0.1, 0.15) is 5.33 Å². The van der Waals surface area contributed by atoms with Gasteiger partial charge in [0, 0.05) is 12.2 Å². The molecule has 1 aromatic carbocycles. The number of esters is 1. The van der Waals surface area contributed by atoms with Crippen molar-refractivity contribution in [1.82, 2.24) is 0 Å². The standard InChI is InChI=1S/C19H26BrNO3/c1-16(11-12-23-15-24-19(22)13-20)7-6-8-17(2)14-21-18-9-4-3-5-10-18/h3-5,8-11,21H,6-7,12-15H2,1-2H3/b16-11+,17-8+. The Hall–Kier alpha value is -1.59. The molecule has 0 fully saturated rings. The van der Waals surface area contributed by atoms with E-state index in [0.717, 1.165) is 25.1 Å². The smallest absolute Gasteiger partial charge is 0.318 e. The van der Waals surface area contributed by atoms with Crippen LogP contribution in [-0.2, 0) is 14.3 Å². The van der Waals surface area contributed by atoms with E-state index in [4.69, 9.17) is 9.47 Å². The maximum atomic E-state index is 10.9. The number of hydrogen-bond donors (Lipinski definition) is 1. The second-order valence-corrected chi connectivity index (χ2v) is 6.06. The number of carbonyl (C=O) groups excluding carboxylic acids is 1. The molecule has 1 aromatic rings. The van der Waals surface area contributed by atoms with Crippen molar-refractivity contribution in [2.24, 2.45) is 0 Å². The Bertz CT molecular complexity index is 541. The summed E-state index contributed by atoms with van der Waals surface area (Å²) in [6, 6.07) is 10.2. The predicted molar refractivity (Wildman–Crippen MR) is 102 cm³/mol. The summed E-state index contributed by atoms with van der Waals surface area (Å²) in [7, 11) is 0. The molecule has 0 amide bonds. The van der Waals surface area contributed by atoms with Gasteiger partial charge in [-0.05, 0) is 38.8 Å².